The molecule has 0 amide bonds. The molecule has 53 heavy (non-hydrogen) atoms. The number of nitrogens with zero attached hydrogens (tertiary/aromatic N) is 3. The average molecular weight is 813 g/mol. The van der Waals surface area contributed by atoms with E-state index in [4.69, 9.17) is 15.0 Å². The molecule has 1 aromatic heterocycles. The monoisotopic (exact) mass is 811 g/mol. The van der Waals surface area contributed by atoms with Gasteiger partial charge in [-0.3, -0.25) is 9.98 Å². The van der Waals surface area contributed by atoms with Crippen molar-refractivity contribution in [3.8, 4) is 0 Å². The van der Waals surface area contributed by atoms with E-state index in [0.717, 1.165) is 11.4 Å². The zero-order valence-electron chi connectivity index (χ0n) is 32.5. The van der Waals surface area contributed by atoms with Gasteiger partial charge in [-0.15, -0.1) is 0 Å². The maximum Gasteiger partial charge on any atom is 3.00 e. The van der Waals surface area contributed by atoms with Gasteiger partial charge < -0.3 is 37.2 Å². The number of halogens is 3. The molecule has 0 spiro atoms. The third-order valence-electron chi connectivity index (χ3n) is 12.5. The van der Waals surface area contributed by atoms with Crippen LogP contribution in [0.15, 0.2) is 46.4 Å². The van der Waals surface area contributed by atoms with Gasteiger partial charge in [0, 0.05) is 0 Å². The fourth-order valence-electron chi connectivity index (χ4n) is 9.98. The summed E-state index contributed by atoms with van der Waals surface area (Å²) >= 11 is 0. The Morgan fingerprint density at radius 2 is 0.660 bits per heavy atom. The van der Waals surface area contributed by atoms with Crippen molar-refractivity contribution in [1.29, 1.82) is 0 Å². The quantitative estimate of drug-likeness (QED) is 0.304. The first-order chi connectivity index (χ1) is 24.0. The van der Waals surface area contributed by atoms with Crippen molar-refractivity contribution in [2.75, 3.05) is 0 Å². The summed E-state index contributed by atoms with van der Waals surface area (Å²) in [4.78, 5) is 16.0. The topological polar surface area (TPSA) is 37.6 Å². The normalized spacial score (nSPS) is 19.3. The molecular weight excluding hydrogens is 752 g/mol. The third kappa shape index (κ3) is 11.7. The van der Waals surface area contributed by atoms with Crippen molar-refractivity contribution >= 4 is 23.8 Å². The summed E-state index contributed by atoms with van der Waals surface area (Å²) in [6, 6.07) is 14.3. The summed E-state index contributed by atoms with van der Waals surface area (Å²) < 4.78 is 0. The fraction of sp³-hybridized carbons (Fsp3) is 0.587. The number of pyridine rings is 1. The van der Waals surface area contributed by atoms with Crippen molar-refractivity contribution in [3.63, 3.8) is 0 Å². The molecule has 0 N–H and O–H groups in total. The summed E-state index contributed by atoms with van der Waals surface area (Å²) in [7, 11) is 0. The van der Waals surface area contributed by atoms with Crippen LogP contribution in [0.1, 0.15) is 202 Å². The minimum absolute atomic E-state index is 0. The van der Waals surface area contributed by atoms with Gasteiger partial charge in [-0.25, -0.2) is 4.98 Å². The first-order valence-electron chi connectivity index (χ1n) is 20.4. The Bertz CT molecular complexity index is 1450. The van der Waals surface area contributed by atoms with E-state index in [1.54, 1.807) is 0 Å². The van der Waals surface area contributed by atoms with Gasteiger partial charge in [0.2, 0.25) is 0 Å². The number of aliphatic imine (C=N–C) groups is 2. The molecule has 1 heterocycles. The average Bonchev–Trinajstić information content (AvgIpc) is 3.14. The van der Waals surface area contributed by atoms with Crippen LogP contribution in [0.25, 0.3) is 0 Å². The molecule has 0 aliphatic heterocycles. The van der Waals surface area contributed by atoms with Gasteiger partial charge in [0.15, 0.2) is 0 Å². The number of benzene rings is 2. The first-order valence-corrected chi connectivity index (χ1v) is 20.4. The van der Waals surface area contributed by atoms with Crippen LogP contribution in [0, 0.1) is 20.8 Å². The van der Waals surface area contributed by atoms with Crippen LogP contribution in [0.2, 0.25) is 0 Å². The first kappa shape index (κ1) is 45.8. The molecule has 4 fully saturated rings. The molecule has 7 heteroatoms. The molecule has 0 bridgehead atoms. The van der Waals surface area contributed by atoms with Crippen LogP contribution in [0.3, 0.4) is 0 Å². The Kier molecular flexibility index (Phi) is 19.2. The minimum atomic E-state index is 0. The smallest absolute Gasteiger partial charge is 1.00 e. The van der Waals surface area contributed by atoms with E-state index < -0.39 is 0 Å². The van der Waals surface area contributed by atoms with E-state index in [9.17, 15) is 0 Å². The van der Waals surface area contributed by atoms with Gasteiger partial charge in [-0.1, -0.05) is 112 Å². The Hall–Kier alpha value is -1.62. The standard InChI is InChI=1S/C46H61N3.3ClH.V/c1-32-24-39(30-47-45-41(35-16-8-4-9-17-35)26-33(2)27-42(45)36-18-10-5-11-19-36)49-40(25-32)31-48-46-43(37-20-12-6-13-21-37)28-34(3)29-44(46)38-22-14-7-15-23-38;;;;/h24-31,35-38H,4-23H2,1-3H3;3*1H;/q;;;;+3/p-3. The number of hydrogen-bond acceptors (Lipinski definition) is 3. The van der Waals surface area contributed by atoms with E-state index >= 15 is 0 Å². The Morgan fingerprint density at radius 1 is 0.415 bits per heavy atom. The summed E-state index contributed by atoms with van der Waals surface area (Å²) in [5.41, 5.74) is 14.4. The Morgan fingerprint density at radius 3 is 0.925 bits per heavy atom. The molecule has 4 aliphatic rings. The summed E-state index contributed by atoms with van der Waals surface area (Å²) in [5.74, 6) is 2.51. The predicted molar refractivity (Wildman–Crippen MR) is 209 cm³/mol. The zero-order chi connectivity index (χ0) is 33.6. The summed E-state index contributed by atoms with van der Waals surface area (Å²) in [6.45, 7) is 6.79. The second kappa shape index (κ2) is 22.2. The molecular formula is C46H61Cl3N3V. The maximum absolute atomic E-state index is 5.40. The van der Waals surface area contributed by atoms with Crippen LogP contribution in [0.4, 0.5) is 11.4 Å². The van der Waals surface area contributed by atoms with Crippen molar-refractivity contribution in [2.24, 2.45) is 9.98 Å². The van der Waals surface area contributed by atoms with E-state index in [1.807, 2.05) is 0 Å². The van der Waals surface area contributed by atoms with Crippen molar-refractivity contribution in [3.05, 3.63) is 86.7 Å². The van der Waals surface area contributed by atoms with Crippen LogP contribution in [-0.2, 0) is 18.6 Å². The largest absolute Gasteiger partial charge is 3.00 e. The molecule has 2 aromatic carbocycles. The molecule has 4 aliphatic carbocycles. The molecule has 3 nitrogen and oxygen atoms in total. The molecule has 0 atom stereocenters. The summed E-state index contributed by atoms with van der Waals surface area (Å²) in [6.07, 6.45) is 30.7. The van der Waals surface area contributed by atoms with Gasteiger partial charge in [0.1, 0.15) is 0 Å². The van der Waals surface area contributed by atoms with Gasteiger partial charge in [-0.2, -0.15) is 0 Å². The fourth-order valence-corrected chi connectivity index (χ4v) is 9.98. The molecule has 286 valence electrons. The second-order valence-corrected chi connectivity index (χ2v) is 16.4. The summed E-state index contributed by atoms with van der Waals surface area (Å²) in [5, 5.41) is 0. The molecule has 4 saturated carbocycles. The second-order valence-electron chi connectivity index (χ2n) is 16.4. The van der Waals surface area contributed by atoms with E-state index in [-0.39, 0.29) is 55.8 Å². The minimum Gasteiger partial charge on any atom is -1.00 e. The number of aryl methyl sites for hydroxylation is 3. The number of rotatable bonds is 8. The molecule has 7 rings (SSSR count). The van der Waals surface area contributed by atoms with Gasteiger partial charge in [0.25, 0.3) is 0 Å². The van der Waals surface area contributed by atoms with Crippen LogP contribution in [-0.4, -0.2) is 17.4 Å². The van der Waals surface area contributed by atoms with Gasteiger partial charge in [0.05, 0.1) is 35.2 Å². The predicted octanol–water partition coefficient (Wildman–Crippen LogP) is 4.71. The number of aromatic nitrogens is 1. The Balaban J connectivity index is 0.00000189. The van der Waals surface area contributed by atoms with Crippen molar-refractivity contribution in [2.45, 2.75) is 173 Å². The van der Waals surface area contributed by atoms with Crippen LogP contribution in [0.5, 0.6) is 0 Å². The van der Waals surface area contributed by atoms with Gasteiger partial charge >= 0.3 is 18.6 Å². The van der Waals surface area contributed by atoms with Gasteiger partial charge in [-0.05, 0) is 136 Å². The number of hydrogen-bond donors (Lipinski definition) is 0. The van der Waals surface area contributed by atoms with Crippen molar-refractivity contribution < 1.29 is 55.8 Å². The molecule has 0 unspecified atom stereocenters. The van der Waals surface area contributed by atoms with Crippen LogP contribution >= 0.6 is 0 Å². The maximum atomic E-state index is 5.40. The Labute approximate surface area is 352 Å². The molecule has 3 aromatic rings. The molecule has 0 saturated heterocycles. The van der Waals surface area contributed by atoms with Crippen molar-refractivity contribution in [1.82, 2.24) is 4.98 Å². The van der Waals surface area contributed by atoms with E-state index in [0.29, 0.717) is 23.7 Å². The SMILES string of the molecule is Cc1cc(C=Nc2c(C3CCCCC3)cc(C)cc2C2CCCCC2)nc(C=Nc2c(C3CCCCC3)cc(C)cc2C2CCCCC2)c1.[Cl-].[Cl-].[Cl-].[V+3]. The zero-order valence-corrected chi connectivity index (χ0v) is 36.2. The molecule has 0 radical (unpaired) electrons. The van der Waals surface area contributed by atoms with E-state index in [2.05, 4.69) is 69.6 Å². The van der Waals surface area contributed by atoms with Crippen LogP contribution < -0.4 is 37.2 Å². The third-order valence-corrected chi connectivity index (χ3v) is 12.5. The van der Waals surface area contributed by atoms with E-state index in [1.165, 1.54) is 179 Å².